The average Bonchev–Trinajstić information content (AvgIpc) is 3.41. The first-order valence-electron chi connectivity index (χ1n) is 9.36. The minimum atomic E-state index is 0.131. The molecule has 4 heterocycles. The number of carbonyl (C=O) groups excluding carboxylic acids is 1. The summed E-state index contributed by atoms with van der Waals surface area (Å²) < 4.78 is 2.06. The third-order valence-corrected chi connectivity index (χ3v) is 6.85. The Morgan fingerprint density at radius 1 is 1.14 bits per heavy atom. The van der Waals surface area contributed by atoms with Crippen molar-refractivity contribution in [2.45, 2.75) is 0 Å². The molecule has 1 fully saturated rings. The van der Waals surface area contributed by atoms with Crippen LogP contribution in [0.1, 0.15) is 15.2 Å². The Kier molecular flexibility index (Phi) is 4.72. The van der Waals surface area contributed by atoms with Crippen molar-refractivity contribution >= 4 is 50.0 Å². The fourth-order valence-electron chi connectivity index (χ4n) is 3.54. The number of thiazole rings is 1. The van der Waals surface area contributed by atoms with E-state index >= 15 is 0 Å². The molecule has 0 saturated carbocycles. The van der Waals surface area contributed by atoms with Crippen LogP contribution in [0.25, 0.3) is 21.4 Å². The van der Waals surface area contributed by atoms with Gasteiger partial charge in [0.15, 0.2) is 4.96 Å². The van der Waals surface area contributed by atoms with Crippen molar-refractivity contribution in [3.05, 3.63) is 64.5 Å². The van der Waals surface area contributed by atoms with Crippen LogP contribution in [0.3, 0.4) is 0 Å². The van der Waals surface area contributed by atoms with Crippen LogP contribution >= 0.6 is 22.7 Å². The van der Waals surface area contributed by atoms with Gasteiger partial charge in [0.1, 0.15) is 4.83 Å². The molecule has 28 heavy (non-hydrogen) atoms. The van der Waals surface area contributed by atoms with Crippen LogP contribution in [0.2, 0.25) is 0 Å². The van der Waals surface area contributed by atoms with E-state index < -0.39 is 0 Å². The molecule has 0 radical (unpaired) electrons. The number of nitrogens with zero attached hydrogens (tertiary/aromatic N) is 4. The topological polar surface area (TPSA) is 40.9 Å². The maximum atomic E-state index is 12.9. The predicted molar refractivity (Wildman–Crippen MR) is 116 cm³/mol. The maximum absolute atomic E-state index is 12.9. The first-order valence-corrected chi connectivity index (χ1v) is 11.1. The number of rotatable bonds is 4. The van der Waals surface area contributed by atoms with E-state index in [0.717, 1.165) is 52.9 Å². The molecule has 142 valence electrons. The molecule has 1 amide bonds. The Morgan fingerprint density at radius 3 is 2.79 bits per heavy atom. The van der Waals surface area contributed by atoms with Gasteiger partial charge in [-0.05, 0) is 11.6 Å². The summed E-state index contributed by atoms with van der Waals surface area (Å²) in [5, 5.41) is 2.02. The van der Waals surface area contributed by atoms with Crippen molar-refractivity contribution in [3.63, 3.8) is 0 Å². The van der Waals surface area contributed by atoms with E-state index in [0.29, 0.717) is 0 Å². The maximum Gasteiger partial charge on any atom is 0.264 e. The van der Waals surface area contributed by atoms with Crippen molar-refractivity contribution < 1.29 is 4.79 Å². The van der Waals surface area contributed by atoms with Crippen LogP contribution in [0.5, 0.6) is 0 Å². The van der Waals surface area contributed by atoms with E-state index in [2.05, 4.69) is 50.7 Å². The number of carbonyl (C=O) groups is 1. The molecule has 7 heteroatoms. The van der Waals surface area contributed by atoms with Crippen LogP contribution in [-0.2, 0) is 0 Å². The molecule has 4 aromatic rings. The van der Waals surface area contributed by atoms with Crippen molar-refractivity contribution in [2.75, 3.05) is 32.7 Å². The van der Waals surface area contributed by atoms with E-state index in [9.17, 15) is 4.79 Å². The predicted octanol–water partition coefficient (Wildman–Crippen LogP) is 4.08. The zero-order valence-electron chi connectivity index (χ0n) is 15.3. The van der Waals surface area contributed by atoms with Gasteiger partial charge in [-0.1, -0.05) is 42.5 Å². The number of aromatic nitrogens is 2. The Balaban J connectivity index is 1.20. The molecule has 5 nitrogen and oxygen atoms in total. The summed E-state index contributed by atoms with van der Waals surface area (Å²) in [6, 6.07) is 12.3. The molecule has 0 N–H and O–H groups in total. The molecule has 0 bridgehead atoms. The number of hydrogen-bond acceptors (Lipinski definition) is 5. The highest BCUT2D eigenvalue weighted by molar-refractivity contribution is 7.21. The molecule has 0 spiro atoms. The molecule has 0 atom stereocenters. The van der Waals surface area contributed by atoms with Crippen LogP contribution in [0.15, 0.2) is 54.1 Å². The van der Waals surface area contributed by atoms with Crippen LogP contribution in [0.4, 0.5) is 0 Å². The number of imidazole rings is 1. The number of fused-ring (bicyclic) bond motifs is 3. The van der Waals surface area contributed by atoms with Gasteiger partial charge >= 0.3 is 0 Å². The summed E-state index contributed by atoms with van der Waals surface area (Å²) in [6.07, 6.45) is 6.37. The second-order valence-electron chi connectivity index (χ2n) is 6.87. The molecule has 1 aromatic carbocycles. The molecule has 0 aliphatic carbocycles. The summed E-state index contributed by atoms with van der Waals surface area (Å²) in [7, 11) is 0. The Hall–Kier alpha value is -2.48. The fourth-order valence-corrected chi connectivity index (χ4v) is 5.31. The summed E-state index contributed by atoms with van der Waals surface area (Å²) in [5.41, 5.74) is 2.26. The van der Waals surface area contributed by atoms with E-state index in [1.807, 2.05) is 28.6 Å². The van der Waals surface area contributed by atoms with E-state index in [-0.39, 0.29) is 5.91 Å². The molecule has 5 rings (SSSR count). The number of piperazine rings is 1. The lowest BCUT2D eigenvalue weighted by Crippen LogP contribution is -2.48. The van der Waals surface area contributed by atoms with Gasteiger partial charge in [0, 0.05) is 44.3 Å². The molecular weight excluding hydrogens is 388 g/mol. The Morgan fingerprint density at radius 2 is 1.96 bits per heavy atom. The molecule has 3 aromatic heterocycles. The normalized spacial score (nSPS) is 15.9. The largest absolute Gasteiger partial charge is 0.335 e. The third kappa shape index (κ3) is 3.37. The quantitative estimate of drug-likeness (QED) is 0.511. The summed E-state index contributed by atoms with van der Waals surface area (Å²) >= 11 is 3.12. The summed E-state index contributed by atoms with van der Waals surface area (Å²) in [6.45, 7) is 4.28. The second-order valence-corrected chi connectivity index (χ2v) is 8.78. The SMILES string of the molecule is O=C(c1cc2c(nc3sccn32)s1)N1CCN(C/C=C/c2ccccc2)CC1. The number of hydrogen-bond donors (Lipinski definition) is 0. The Labute approximate surface area is 171 Å². The lowest BCUT2D eigenvalue weighted by Gasteiger charge is -2.33. The van der Waals surface area contributed by atoms with Gasteiger partial charge in [0.2, 0.25) is 0 Å². The van der Waals surface area contributed by atoms with Gasteiger partial charge < -0.3 is 4.90 Å². The first kappa shape index (κ1) is 17.6. The van der Waals surface area contributed by atoms with E-state index in [4.69, 9.17) is 0 Å². The van der Waals surface area contributed by atoms with Crippen molar-refractivity contribution in [1.82, 2.24) is 19.2 Å². The number of benzene rings is 1. The van der Waals surface area contributed by atoms with Gasteiger partial charge in [0.25, 0.3) is 5.91 Å². The Bertz CT molecular complexity index is 1130. The molecule has 1 aliphatic heterocycles. The lowest BCUT2D eigenvalue weighted by atomic mass is 10.2. The van der Waals surface area contributed by atoms with E-state index in [1.165, 1.54) is 16.9 Å². The average molecular weight is 409 g/mol. The van der Waals surface area contributed by atoms with Crippen molar-refractivity contribution in [1.29, 1.82) is 0 Å². The number of thiophene rings is 1. The highest BCUT2D eigenvalue weighted by Gasteiger charge is 2.24. The lowest BCUT2D eigenvalue weighted by molar-refractivity contribution is 0.0655. The monoisotopic (exact) mass is 408 g/mol. The van der Waals surface area contributed by atoms with Crippen LogP contribution in [-0.4, -0.2) is 57.8 Å². The third-order valence-electron chi connectivity index (χ3n) is 5.08. The van der Waals surface area contributed by atoms with Gasteiger partial charge in [-0.3, -0.25) is 14.1 Å². The molecule has 1 aliphatic rings. The molecular formula is C21H20N4OS2. The summed E-state index contributed by atoms with van der Waals surface area (Å²) in [4.78, 5) is 24.6. The smallest absolute Gasteiger partial charge is 0.264 e. The highest BCUT2D eigenvalue weighted by atomic mass is 32.1. The van der Waals surface area contributed by atoms with Gasteiger partial charge in [0.05, 0.1) is 10.4 Å². The van der Waals surface area contributed by atoms with Gasteiger partial charge in [-0.2, -0.15) is 0 Å². The molecule has 0 unspecified atom stereocenters. The van der Waals surface area contributed by atoms with E-state index in [1.54, 1.807) is 11.3 Å². The fraction of sp³-hybridized carbons (Fsp3) is 0.238. The van der Waals surface area contributed by atoms with Gasteiger partial charge in [-0.15, -0.1) is 22.7 Å². The zero-order valence-corrected chi connectivity index (χ0v) is 17.0. The standard InChI is InChI=1S/C21H20N4OS2/c26-20(18-15-17-19(28-18)22-21-25(17)13-14-27-21)24-11-9-23(10-12-24)8-4-7-16-5-2-1-3-6-16/h1-7,13-15H,8-12H2/b7-4+. The zero-order chi connectivity index (χ0) is 18.9. The second kappa shape index (κ2) is 7.50. The van der Waals surface area contributed by atoms with Crippen molar-refractivity contribution in [3.8, 4) is 0 Å². The van der Waals surface area contributed by atoms with Crippen LogP contribution < -0.4 is 0 Å². The summed E-state index contributed by atoms with van der Waals surface area (Å²) in [5.74, 6) is 0.131. The highest BCUT2D eigenvalue weighted by Crippen LogP contribution is 2.29. The van der Waals surface area contributed by atoms with Gasteiger partial charge in [-0.25, -0.2) is 4.98 Å². The first-order chi connectivity index (χ1) is 13.8. The molecule has 1 saturated heterocycles. The van der Waals surface area contributed by atoms with Crippen LogP contribution in [0, 0.1) is 0 Å². The minimum Gasteiger partial charge on any atom is -0.335 e. The number of amides is 1. The van der Waals surface area contributed by atoms with Crippen molar-refractivity contribution in [2.24, 2.45) is 0 Å². The minimum absolute atomic E-state index is 0.131.